The van der Waals surface area contributed by atoms with Crippen LogP contribution in [0.3, 0.4) is 0 Å². The maximum absolute atomic E-state index is 12.6. The van der Waals surface area contributed by atoms with Gasteiger partial charge < -0.3 is 11.2 Å². The molecule has 142 valence electrons. The van der Waals surface area contributed by atoms with Crippen molar-refractivity contribution in [1.82, 2.24) is 19.9 Å². The van der Waals surface area contributed by atoms with Gasteiger partial charge in [0.15, 0.2) is 5.13 Å². The van der Waals surface area contributed by atoms with E-state index in [4.69, 9.17) is 5.84 Å². The molecule has 3 rings (SSSR count). The van der Waals surface area contributed by atoms with Crippen molar-refractivity contribution < 1.29 is 18.0 Å². The molecule has 0 fully saturated rings. The van der Waals surface area contributed by atoms with Gasteiger partial charge in [-0.1, -0.05) is 41.6 Å². The highest BCUT2D eigenvalue weighted by Gasteiger charge is 2.38. The molecule has 0 saturated carbocycles. The molecule has 1 aromatic carbocycles. The van der Waals surface area contributed by atoms with Crippen LogP contribution in [-0.4, -0.2) is 31.5 Å². The van der Waals surface area contributed by atoms with Crippen molar-refractivity contribution in [2.24, 2.45) is 0 Å². The first-order valence-electron chi connectivity index (χ1n) is 7.47. The lowest BCUT2D eigenvalue weighted by Gasteiger charge is -2.05. The van der Waals surface area contributed by atoms with Crippen LogP contribution in [0, 0.1) is 6.92 Å². The zero-order valence-electron chi connectivity index (χ0n) is 13.8. The molecule has 0 radical (unpaired) electrons. The van der Waals surface area contributed by atoms with E-state index in [2.05, 4.69) is 20.5 Å². The number of anilines is 1. The Balaban J connectivity index is 1.59. The topological polar surface area (TPSA) is 98.7 Å². The van der Waals surface area contributed by atoms with Crippen molar-refractivity contribution in [2.75, 3.05) is 16.9 Å². The molecular weight excluding hydrogens is 401 g/mol. The SMILES string of the molecule is Cc1ccc(-c2csc(NC(=O)CSc3nnc(C(F)(F)F)n3N)n2)cc1. The van der Waals surface area contributed by atoms with E-state index in [0.29, 0.717) is 9.81 Å². The molecule has 0 aliphatic rings. The van der Waals surface area contributed by atoms with E-state index in [0.717, 1.165) is 28.6 Å². The van der Waals surface area contributed by atoms with Gasteiger partial charge in [-0.15, -0.1) is 21.5 Å². The molecule has 2 heterocycles. The first-order chi connectivity index (χ1) is 12.7. The van der Waals surface area contributed by atoms with Crippen molar-refractivity contribution >= 4 is 34.1 Å². The number of carbonyl (C=O) groups is 1. The van der Waals surface area contributed by atoms with Gasteiger partial charge in [-0.3, -0.25) is 4.79 Å². The average Bonchev–Trinajstić information content (AvgIpc) is 3.20. The standard InChI is InChI=1S/C15H13F3N6OS2/c1-8-2-4-9(5-3-8)10-6-26-13(20-10)21-11(25)7-27-14-23-22-12(24(14)19)15(16,17)18/h2-6H,7,19H2,1H3,(H,20,21,25). The highest BCUT2D eigenvalue weighted by atomic mass is 32.2. The van der Waals surface area contributed by atoms with Crippen molar-refractivity contribution in [3.8, 4) is 11.3 Å². The molecular formula is C15H13F3N6OS2. The number of halogens is 3. The summed E-state index contributed by atoms with van der Waals surface area (Å²) in [6, 6.07) is 7.78. The molecule has 12 heteroatoms. The Morgan fingerprint density at radius 3 is 2.63 bits per heavy atom. The fraction of sp³-hybridized carbons (Fsp3) is 0.200. The second-order valence-corrected chi connectivity index (χ2v) is 7.22. The van der Waals surface area contributed by atoms with E-state index >= 15 is 0 Å². The second kappa shape index (κ2) is 7.56. The predicted molar refractivity (Wildman–Crippen MR) is 96.8 cm³/mol. The third-order valence-electron chi connectivity index (χ3n) is 3.35. The molecule has 0 aliphatic heterocycles. The predicted octanol–water partition coefficient (Wildman–Crippen LogP) is 3.17. The normalized spacial score (nSPS) is 11.6. The summed E-state index contributed by atoms with van der Waals surface area (Å²) in [5.41, 5.74) is 2.77. The minimum Gasteiger partial charge on any atom is -0.335 e. The number of amides is 1. The van der Waals surface area contributed by atoms with Gasteiger partial charge in [0.1, 0.15) is 0 Å². The Morgan fingerprint density at radius 1 is 1.30 bits per heavy atom. The number of alkyl halides is 3. The molecule has 3 aromatic rings. The van der Waals surface area contributed by atoms with E-state index in [1.54, 1.807) is 5.38 Å². The van der Waals surface area contributed by atoms with Gasteiger partial charge >= 0.3 is 6.18 Å². The Kier molecular flexibility index (Phi) is 5.37. The van der Waals surface area contributed by atoms with Crippen molar-refractivity contribution in [3.63, 3.8) is 0 Å². The van der Waals surface area contributed by atoms with Crippen LogP contribution in [0.15, 0.2) is 34.8 Å². The van der Waals surface area contributed by atoms with Crippen LogP contribution in [-0.2, 0) is 11.0 Å². The molecule has 0 unspecified atom stereocenters. The lowest BCUT2D eigenvalue weighted by atomic mass is 10.1. The first-order valence-corrected chi connectivity index (χ1v) is 9.33. The van der Waals surface area contributed by atoms with Crippen molar-refractivity contribution in [2.45, 2.75) is 18.3 Å². The van der Waals surface area contributed by atoms with Gasteiger partial charge in [0.2, 0.25) is 11.1 Å². The molecule has 0 bridgehead atoms. The smallest absolute Gasteiger partial charge is 0.335 e. The fourth-order valence-electron chi connectivity index (χ4n) is 2.04. The number of aromatic nitrogens is 4. The number of hydrogen-bond donors (Lipinski definition) is 2. The van der Waals surface area contributed by atoms with Gasteiger partial charge in [0.25, 0.3) is 5.82 Å². The third kappa shape index (κ3) is 4.57. The zero-order chi connectivity index (χ0) is 19.6. The minimum atomic E-state index is -4.71. The van der Waals surface area contributed by atoms with Gasteiger partial charge in [-0.2, -0.15) is 13.2 Å². The van der Waals surface area contributed by atoms with Gasteiger partial charge in [-0.25, -0.2) is 9.66 Å². The molecule has 2 aromatic heterocycles. The number of carbonyl (C=O) groups excluding carboxylic acids is 1. The maximum Gasteiger partial charge on any atom is 0.453 e. The Bertz CT molecular complexity index is 951. The summed E-state index contributed by atoms with van der Waals surface area (Å²) < 4.78 is 38.2. The molecule has 3 N–H and O–H groups in total. The second-order valence-electron chi connectivity index (χ2n) is 5.41. The number of nitrogens with one attached hydrogen (secondary N) is 1. The average molecular weight is 414 g/mol. The van der Waals surface area contributed by atoms with E-state index < -0.39 is 17.9 Å². The molecule has 1 amide bonds. The van der Waals surface area contributed by atoms with Crippen molar-refractivity contribution in [3.05, 3.63) is 41.0 Å². The zero-order valence-corrected chi connectivity index (χ0v) is 15.5. The van der Waals surface area contributed by atoms with Crippen LogP contribution in [0.4, 0.5) is 18.3 Å². The Labute approximate surface area is 159 Å². The molecule has 7 nitrogen and oxygen atoms in total. The van der Waals surface area contributed by atoms with Crippen LogP contribution in [0.2, 0.25) is 0 Å². The van der Waals surface area contributed by atoms with E-state index in [1.807, 2.05) is 31.2 Å². The quantitative estimate of drug-likeness (QED) is 0.492. The Morgan fingerprint density at radius 2 is 2.00 bits per heavy atom. The number of aryl methyl sites for hydroxylation is 1. The number of rotatable bonds is 5. The molecule has 0 aliphatic carbocycles. The summed E-state index contributed by atoms with van der Waals surface area (Å²) in [6.07, 6.45) is -4.71. The lowest BCUT2D eigenvalue weighted by molar-refractivity contribution is -0.146. The number of thioether (sulfide) groups is 1. The maximum atomic E-state index is 12.6. The summed E-state index contributed by atoms with van der Waals surface area (Å²) in [5, 5.41) is 10.9. The van der Waals surface area contributed by atoms with Crippen LogP contribution >= 0.6 is 23.1 Å². The first kappa shape index (κ1) is 19.2. The number of nitrogens with zero attached hydrogens (tertiary/aromatic N) is 4. The summed E-state index contributed by atoms with van der Waals surface area (Å²) in [5.74, 6) is 3.36. The summed E-state index contributed by atoms with van der Waals surface area (Å²) in [6.45, 7) is 1.98. The molecule has 27 heavy (non-hydrogen) atoms. The lowest BCUT2D eigenvalue weighted by Crippen LogP contribution is -2.22. The van der Waals surface area contributed by atoms with E-state index in [-0.39, 0.29) is 10.9 Å². The van der Waals surface area contributed by atoms with Crippen molar-refractivity contribution in [1.29, 1.82) is 0 Å². The fourth-order valence-corrected chi connectivity index (χ4v) is 3.43. The number of hydrogen-bond acceptors (Lipinski definition) is 7. The molecule has 0 spiro atoms. The van der Waals surface area contributed by atoms with Gasteiger partial charge in [-0.05, 0) is 6.92 Å². The number of benzene rings is 1. The number of nitrogens with two attached hydrogens (primary N) is 1. The highest BCUT2D eigenvalue weighted by Crippen LogP contribution is 2.29. The highest BCUT2D eigenvalue weighted by molar-refractivity contribution is 7.99. The Hall–Kier alpha value is -2.60. The van der Waals surface area contributed by atoms with Crippen LogP contribution < -0.4 is 11.2 Å². The van der Waals surface area contributed by atoms with Crippen LogP contribution in [0.1, 0.15) is 11.4 Å². The van der Waals surface area contributed by atoms with Crippen LogP contribution in [0.5, 0.6) is 0 Å². The monoisotopic (exact) mass is 414 g/mol. The summed E-state index contributed by atoms with van der Waals surface area (Å²) in [7, 11) is 0. The van der Waals surface area contributed by atoms with E-state index in [9.17, 15) is 18.0 Å². The summed E-state index contributed by atoms with van der Waals surface area (Å²) >= 11 is 2.00. The number of thiazole rings is 1. The van der Waals surface area contributed by atoms with Crippen LogP contribution in [0.25, 0.3) is 11.3 Å². The van der Waals surface area contributed by atoms with Gasteiger partial charge in [0.05, 0.1) is 11.4 Å². The summed E-state index contributed by atoms with van der Waals surface area (Å²) in [4.78, 5) is 16.3. The molecule has 0 atom stereocenters. The minimum absolute atomic E-state index is 0.188. The number of nitrogen functional groups attached to an aromatic ring is 1. The molecule has 0 saturated heterocycles. The van der Waals surface area contributed by atoms with Gasteiger partial charge in [0, 0.05) is 10.9 Å². The largest absolute Gasteiger partial charge is 0.453 e. The van der Waals surface area contributed by atoms with E-state index in [1.165, 1.54) is 11.3 Å². The third-order valence-corrected chi connectivity index (χ3v) is 5.05.